The number of carbonyl (C=O) groups excluding carboxylic acids is 1. The first-order valence-corrected chi connectivity index (χ1v) is 8.58. The molecular weight excluding hydrogens is 362 g/mol. The summed E-state index contributed by atoms with van der Waals surface area (Å²) < 4.78 is 6.29. The maximum absolute atomic E-state index is 12.4. The molecule has 0 aliphatic heterocycles. The van der Waals surface area contributed by atoms with Gasteiger partial charge in [0.05, 0.1) is 19.1 Å². The zero-order valence-corrected chi connectivity index (χ0v) is 14.9. The minimum atomic E-state index is -0.753. The molecule has 1 aromatic rings. The van der Waals surface area contributed by atoms with Gasteiger partial charge in [0.2, 0.25) is 5.91 Å². The number of ether oxygens (including phenoxy) is 1. The van der Waals surface area contributed by atoms with Gasteiger partial charge in [-0.05, 0) is 44.7 Å². The van der Waals surface area contributed by atoms with Gasteiger partial charge in [0, 0.05) is 16.0 Å². The topological polar surface area (TPSA) is 75.6 Å². The Labute approximate surface area is 144 Å². The number of carboxylic acids is 1. The van der Waals surface area contributed by atoms with Crippen molar-refractivity contribution in [3.63, 3.8) is 0 Å². The maximum Gasteiger partial charge on any atom is 0.306 e. The Morgan fingerprint density at radius 1 is 1.26 bits per heavy atom. The third kappa shape index (κ3) is 4.47. The SMILES string of the molecule is COc1cc(Br)ccc1C(C)NC(=O)C1CCC(C(=O)O)CC1. The van der Waals surface area contributed by atoms with E-state index in [2.05, 4.69) is 21.2 Å². The van der Waals surface area contributed by atoms with Crippen molar-refractivity contribution in [3.8, 4) is 5.75 Å². The van der Waals surface area contributed by atoms with Crippen molar-refractivity contribution in [1.82, 2.24) is 5.32 Å². The van der Waals surface area contributed by atoms with Gasteiger partial charge < -0.3 is 15.2 Å². The number of hydrogen-bond donors (Lipinski definition) is 2. The van der Waals surface area contributed by atoms with Gasteiger partial charge in [-0.3, -0.25) is 9.59 Å². The molecular formula is C17H22BrNO4. The summed E-state index contributed by atoms with van der Waals surface area (Å²) in [6, 6.07) is 5.55. The molecule has 0 heterocycles. The molecule has 6 heteroatoms. The fourth-order valence-electron chi connectivity index (χ4n) is 3.05. The van der Waals surface area contributed by atoms with Crippen LogP contribution in [-0.2, 0) is 9.59 Å². The van der Waals surface area contributed by atoms with E-state index in [1.165, 1.54) is 0 Å². The highest BCUT2D eigenvalue weighted by Gasteiger charge is 2.30. The second-order valence-corrected chi connectivity index (χ2v) is 6.92. The number of nitrogens with one attached hydrogen (secondary N) is 1. The van der Waals surface area contributed by atoms with Crippen molar-refractivity contribution in [3.05, 3.63) is 28.2 Å². The van der Waals surface area contributed by atoms with E-state index in [0.717, 1.165) is 15.8 Å². The van der Waals surface area contributed by atoms with Gasteiger partial charge in [0.1, 0.15) is 5.75 Å². The Morgan fingerprint density at radius 3 is 2.43 bits per heavy atom. The number of aliphatic carboxylic acids is 1. The smallest absolute Gasteiger partial charge is 0.306 e. The third-order valence-corrected chi connectivity index (χ3v) is 4.96. The monoisotopic (exact) mass is 383 g/mol. The molecule has 2 rings (SSSR count). The Bertz CT molecular complexity index is 582. The third-order valence-electron chi connectivity index (χ3n) is 4.47. The molecule has 1 saturated carbocycles. The molecule has 0 aromatic heterocycles. The lowest BCUT2D eigenvalue weighted by Gasteiger charge is -2.27. The van der Waals surface area contributed by atoms with Crippen molar-refractivity contribution in [1.29, 1.82) is 0 Å². The molecule has 1 aromatic carbocycles. The fraction of sp³-hybridized carbons (Fsp3) is 0.529. The van der Waals surface area contributed by atoms with Gasteiger partial charge in [0.15, 0.2) is 0 Å². The molecule has 1 atom stereocenters. The second-order valence-electron chi connectivity index (χ2n) is 6.00. The van der Waals surface area contributed by atoms with E-state index >= 15 is 0 Å². The molecule has 0 saturated heterocycles. The lowest BCUT2D eigenvalue weighted by molar-refractivity contribution is -0.144. The normalized spacial score (nSPS) is 22.2. The van der Waals surface area contributed by atoms with E-state index in [0.29, 0.717) is 25.7 Å². The first-order chi connectivity index (χ1) is 10.9. The van der Waals surface area contributed by atoms with E-state index in [1.54, 1.807) is 7.11 Å². The average Bonchev–Trinajstić information content (AvgIpc) is 2.54. The summed E-state index contributed by atoms with van der Waals surface area (Å²) in [5.74, 6) is -0.442. The van der Waals surface area contributed by atoms with Crippen LogP contribution in [0.4, 0.5) is 0 Å². The molecule has 2 N–H and O–H groups in total. The van der Waals surface area contributed by atoms with Gasteiger partial charge in [0.25, 0.3) is 0 Å². The molecule has 1 amide bonds. The summed E-state index contributed by atoms with van der Waals surface area (Å²) in [4.78, 5) is 23.4. The molecule has 126 valence electrons. The van der Waals surface area contributed by atoms with Crippen LogP contribution in [0.1, 0.15) is 44.2 Å². The van der Waals surface area contributed by atoms with Gasteiger partial charge in [-0.1, -0.05) is 22.0 Å². The Balaban J connectivity index is 1.97. The molecule has 23 heavy (non-hydrogen) atoms. The van der Waals surface area contributed by atoms with Crippen molar-refractivity contribution >= 4 is 27.8 Å². The van der Waals surface area contributed by atoms with Crippen molar-refractivity contribution in [2.45, 2.75) is 38.6 Å². The number of carbonyl (C=O) groups is 2. The molecule has 1 unspecified atom stereocenters. The zero-order chi connectivity index (χ0) is 17.0. The van der Waals surface area contributed by atoms with E-state index in [1.807, 2.05) is 25.1 Å². The van der Waals surface area contributed by atoms with Crippen LogP contribution in [0.2, 0.25) is 0 Å². The van der Waals surface area contributed by atoms with Gasteiger partial charge in [-0.15, -0.1) is 0 Å². The van der Waals surface area contributed by atoms with E-state index in [4.69, 9.17) is 9.84 Å². The number of benzene rings is 1. The quantitative estimate of drug-likeness (QED) is 0.815. The lowest BCUT2D eigenvalue weighted by atomic mass is 9.81. The van der Waals surface area contributed by atoms with Gasteiger partial charge in [-0.2, -0.15) is 0 Å². The minimum Gasteiger partial charge on any atom is -0.496 e. The lowest BCUT2D eigenvalue weighted by Crippen LogP contribution is -2.35. The number of halogens is 1. The molecule has 1 fully saturated rings. The largest absolute Gasteiger partial charge is 0.496 e. The van der Waals surface area contributed by atoms with Gasteiger partial charge in [-0.25, -0.2) is 0 Å². The van der Waals surface area contributed by atoms with Crippen LogP contribution >= 0.6 is 15.9 Å². The van der Waals surface area contributed by atoms with Crippen molar-refractivity contribution in [2.24, 2.45) is 11.8 Å². The molecule has 1 aliphatic carbocycles. The van der Waals surface area contributed by atoms with Crippen LogP contribution in [-0.4, -0.2) is 24.1 Å². The predicted octanol–water partition coefficient (Wildman–Crippen LogP) is 3.53. The summed E-state index contributed by atoms with van der Waals surface area (Å²) in [5, 5.41) is 12.0. The van der Waals surface area contributed by atoms with Crippen molar-refractivity contribution < 1.29 is 19.4 Å². The standard InChI is InChI=1S/C17H22BrNO4/c1-10(14-8-7-13(18)9-15(14)23-2)19-16(20)11-3-5-12(6-4-11)17(21)22/h7-12H,3-6H2,1-2H3,(H,19,20)(H,21,22). The molecule has 1 aliphatic rings. The summed E-state index contributed by atoms with van der Waals surface area (Å²) in [7, 11) is 1.60. The Morgan fingerprint density at radius 2 is 1.87 bits per heavy atom. The fourth-order valence-corrected chi connectivity index (χ4v) is 3.39. The average molecular weight is 384 g/mol. The highest BCUT2D eigenvalue weighted by Crippen LogP contribution is 2.31. The minimum absolute atomic E-state index is 0.00805. The van der Waals surface area contributed by atoms with Crippen LogP contribution in [0, 0.1) is 11.8 Å². The van der Waals surface area contributed by atoms with E-state index < -0.39 is 5.97 Å². The van der Waals surface area contributed by atoms with E-state index in [9.17, 15) is 9.59 Å². The molecule has 0 radical (unpaired) electrons. The summed E-state index contributed by atoms with van der Waals surface area (Å²) in [6.45, 7) is 1.92. The summed E-state index contributed by atoms with van der Waals surface area (Å²) >= 11 is 3.40. The Kier molecular flexibility index (Phi) is 6.04. The summed E-state index contributed by atoms with van der Waals surface area (Å²) in [5.41, 5.74) is 0.920. The summed E-state index contributed by atoms with van der Waals surface area (Å²) in [6.07, 6.45) is 2.41. The second kappa shape index (κ2) is 7.81. The molecule has 0 bridgehead atoms. The zero-order valence-electron chi connectivity index (χ0n) is 13.3. The van der Waals surface area contributed by atoms with Crippen LogP contribution in [0.25, 0.3) is 0 Å². The van der Waals surface area contributed by atoms with E-state index in [-0.39, 0.29) is 23.8 Å². The van der Waals surface area contributed by atoms with Gasteiger partial charge >= 0.3 is 5.97 Å². The van der Waals surface area contributed by atoms with Crippen LogP contribution in [0.3, 0.4) is 0 Å². The van der Waals surface area contributed by atoms with Crippen LogP contribution in [0.5, 0.6) is 5.75 Å². The number of rotatable bonds is 5. The molecule has 0 spiro atoms. The molecule has 5 nitrogen and oxygen atoms in total. The number of carboxylic acid groups (broad SMARTS) is 1. The number of methoxy groups -OCH3 is 1. The highest BCUT2D eigenvalue weighted by atomic mass is 79.9. The first kappa shape index (κ1) is 17.8. The Hall–Kier alpha value is -1.56. The highest BCUT2D eigenvalue weighted by molar-refractivity contribution is 9.10. The maximum atomic E-state index is 12.4. The van der Waals surface area contributed by atoms with Crippen LogP contribution in [0.15, 0.2) is 22.7 Å². The van der Waals surface area contributed by atoms with Crippen molar-refractivity contribution in [2.75, 3.05) is 7.11 Å². The number of hydrogen-bond acceptors (Lipinski definition) is 3. The number of amides is 1. The first-order valence-electron chi connectivity index (χ1n) is 7.79. The van der Waals surface area contributed by atoms with Crippen LogP contribution < -0.4 is 10.1 Å². The predicted molar refractivity (Wildman–Crippen MR) is 90.3 cm³/mol.